The Kier molecular flexibility index (Phi) is 2.71. The van der Waals surface area contributed by atoms with Crippen molar-refractivity contribution in [2.75, 3.05) is 6.54 Å². The largest absolute Gasteiger partial charge is 0.329 e. The standard InChI is InChI=1S/C14H16N2O5/c17-11(7-16-12(18)1-2-13(16)19)15-14-6-8-3-9(20-14)5-10(4-8)21-14/h1-2,8-10H,3-7H2,(H,15,17). The normalized spacial score (nSPS) is 40.2. The van der Waals surface area contributed by atoms with E-state index in [0.717, 1.165) is 36.3 Å². The molecule has 112 valence electrons. The van der Waals surface area contributed by atoms with Gasteiger partial charge in [0.15, 0.2) is 0 Å². The molecule has 4 heterocycles. The lowest BCUT2D eigenvalue weighted by molar-refractivity contribution is -0.379. The van der Waals surface area contributed by atoms with Crippen molar-refractivity contribution in [3.05, 3.63) is 12.2 Å². The molecule has 4 aliphatic heterocycles. The van der Waals surface area contributed by atoms with E-state index in [1.807, 2.05) is 0 Å². The minimum atomic E-state index is -1.06. The highest BCUT2D eigenvalue weighted by molar-refractivity contribution is 6.14. The van der Waals surface area contributed by atoms with Gasteiger partial charge >= 0.3 is 0 Å². The molecule has 2 atom stereocenters. The number of hydrogen-bond donors (Lipinski definition) is 1. The summed E-state index contributed by atoms with van der Waals surface area (Å²) in [5, 5.41) is 2.74. The minimum absolute atomic E-state index is 0.133. The van der Waals surface area contributed by atoms with E-state index in [1.54, 1.807) is 0 Å². The number of rotatable bonds is 3. The summed E-state index contributed by atoms with van der Waals surface area (Å²) in [6.45, 7) is -0.306. The highest BCUT2D eigenvalue weighted by Gasteiger charge is 2.54. The second kappa shape index (κ2) is 4.38. The van der Waals surface area contributed by atoms with Crippen LogP contribution in [0.25, 0.3) is 0 Å². The zero-order valence-corrected chi connectivity index (χ0v) is 11.4. The summed E-state index contributed by atoms with van der Waals surface area (Å²) in [7, 11) is 0. The molecule has 21 heavy (non-hydrogen) atoms. The van der Waals surface area contributed by atoms with E-state index < -0.39 is 23.6 Å². The van der Waals surface area contributed by atoms with Crippen LogP contribution in [0.15, 0.2) is 12.2 Å². The van der Waals surface area contributed by atoms with Gasteiger partial charge in [-0.2, -0.15) is 0 Å². The fourth-order valence-electron chi connectivity index (χ4n) is 3.82. The van der Waals surface area contributed by atoms with Crippen LogP contribution in [0.2, 0.25) is 0 Å². The summed E-state index contributed by atoms with van der Waals surface area (Å²) in [5.41, 5.74) is 0. The summed E-state index contributed by atoms with van der Waals surface area (Å²) >= 11 is 0. The zero-order chi connectivity index (χ0) is 14.6. The molecule has 1 saturated carbocycles. The summed E-state index contributed by atoms with van der Waals surface area (Å²) in [4.78, 5) is 35.9. The molecule has 7 heteroatoms. The van der Waals surface area contributed by atoms with Crippen molar-refractivity contribution in [1.82, 2.24) is 10.2 Å². The van der Waals surface area contributed by atoms with Crippen LogP contribution in [-0.4, -0.2) is 47.3 Å². The van der Waals surface area contributed by atoms with E-state index in [4.69, 9.17) is 9.47 Å². The smallest absolute Gasteiger partial charge is 0.254 e. The maximum atomic E-state index is 12.1. The predicted octanol–water partition coefficient (Wildman–Crippen LogP) is -0.331. The van der Waals surface area contributed by atoms with Crippen LogP contribution in [0.5, 0.6) is 0 Å². The molecule has 0 aromatic heterocycles. The summed E-state index contributed by atoms with van der Waals surface area (Å²) in [5.74, 6) is -1.94. The highest BCUT2D eigenvalue weighted by atomic mass is 16.7. The van der Waals surface area contributed by atoms with Gasteiger partial charge in [-0.25, -0.2) is 0 Å². The quantitative estimate of drug-likeness (QED) is 0.720. The number of ether oxygens (including phenoxy) is 2. The molecular formula is C14H16N2O5. The van der Waals surface area contributed by atoms with E-state index in [1.165, 1.54) is 0 Å². The average Bonchev–Trinajstić information content (AvgIpc) is 2.68. The van der Waals surface area contributed by atoms with E-state index in [0.29, 0.717) is 12.3 Å². The van der Waals surface area contributed by atoms with Gasteiger partial charge in [-0.3, -0.25) is 19.3 Å². The molecule has 0 aromatic rings. The van der Waals surface area contributed by atoms with Crippen LogP contribution in [-0.2, 0) is 23.9 Å². The van der Waals surface area contributed by atoms with Crippen molar-refractivity contribution in [2.24, 2.45) is 5.92 Å². The molecule has 2 unspecified atom stereocenters. The first kappa shape index (κ1) is 13.0. The van der Waals surface area contributed by atoms with Crippen molar-refractivity contribution < 1.29 is 23.9 Å². The van der Waals surface area contributed by atoms with Gasteiger partial charge in [0.2, 0.25) is 5.91 Å². The Morgan fingerprint density at radius 2 is 1.81 bits per heavy atom. The highest BCUT2D eigenvalue weighted by Crippen LogP contribution is 2.47. The number of carbonyl (C=O) groups is 3. The first-order chi connectivity index (χ1) is 10.0. The van der Waals surface area contributed by atoms with Gasteiger partial charge in [0.05, 0.1) is 12.2 Å². The lowest BCUT2D eigenvalue weighted by atomic mass is 9.77. The Morgan fingerprint density at radius 3 is 2.38 bits per heavy atom. The summed E-state index contributed by atoms with van der Waals surface area (Å²) < 4.78 is 11.7. The second-order valence-corrected chi connectivity index (χ2v) is 6.15. The molecule has 5 aliphatic rings. The molecule has 1 N–H and O–H groups in total. The Morgan fingerprint density at radius 1 is 1.19 bits per heavy atom. The zero-order valence-electron chi connectivity index (χ0n) is 11.4. The first-order valence-corrected chi connectivity index (χ1v) is 7.23. The summed E-state index contributed by atoms with van der Waals surface area (Å²) in [6, 6.07) is 0. The van der Waals surface area contributed by atoms with Gasteiger partial charge < -0.3 is 14.8 Å². The third-order valence-corrected chi connectivity index (χ3v) is 4.52. The summed E-state index contributed by atoms with van der Waals surface area (Å²) in [6.07, 6.45) is 6.13. The third kappa shape index (κ3) is 2.16. The lowest BCUT2D eigenvalue weighted by Crippen LogP contribution is -2.67. The van der Waals surface area contributed by atoms with Crippen molar-refractivity contribution in [3.63, 3.8) is 0 Å². The molecule has 0 aromatic carbocycles. The fraction of sp³-hybridized carbons (Fsp3) is 0.643. The molecule has 1 aliphatic carbocycles. The second-order valence-electron chi connectivity index (χ2n) is 6.15. The fourth-order valence-corrected chi connectivity index (χ4v) is 3.82. The number of hydrogen-bond acceptors (Lipinski definition) is 5. The van der Waals surface area contributed by atoms with Gasteiger partial charge in [0.1, 0.15) is 6.54 Å². The number of carbonyl (C=O) groups excluding carboxylic acids is 3. The lowest BCUT2D eigenvalue weighted by Gasteiger charge is -2.55. The monoisotopic (exact) mass is 292 g/mol. The predicted molar refractivity (Wildman–Crippen MR) is 68.4 cm³/mol. The van der Waals surface area contributed by atoms with E-state index in [2.05, 4.69) is 5.32 Å². The minimum Gasteiger partial charge on any atom is -0.329 e. The molecule has 3 amide bonds. The van der Waals surface area contributed by atoms with Gasteiger partial charge in [-0.15, -0.1) is 0 Å². The first-order valence-electron chi connectivity index (χ1n) is 7.23. The van der Waals surface area contributed by atoms with Crippen molar-refractivity contribution >= 4 is 17.7 Å². The molecule has 7 nitrogen and oxygen atoms in total. The maximum absolute atomic E-state index is 12.1. The number of imide groups is 1. The molecule has 4 fully saturated rings. The van der Waals surface area contributed by atoms with E-state index in [9.17, 15) is 14.4 Å². The molecule has 5 rings (SSSR count). The van der Waals surface area contributed by atoms with E-state index in [-0.39, 0.29) is 18.8 Å². The Balaban J connectivity index is 1.43. The maximum Gasteiger partial charge on any atom is 0.254 e. The van der Waals surface area contributed by atoms with Gasteiger partial charge in [0.25, 0.3) is 17.7 Å². The van der Waals surface area contributed by atoms with Crippen molar-refractivity contribution in [1.29, 1.82) is 0 Å². The van der Waals surface area contributed by atoms with Gasteiger partial charge in [-0.1, -0.05) is 0 Å². The molecular weight excluding hydrogens is 276 g/mol. The molecule has 3 saturated heterocycles. The van der Waals surface area contributed by atoms with Crippen LogP contribution in [0.3, 0.4) is 0 Å². The molecule has 0 radical (unpaired) electrons. The topological polar surface area (TPSA) is 84.9 Å². The number of amides is 3. The van der Waals surface area contributed by atoms with Gasteiger partial charge in [-0.05, 0) is 18.8 Å². The van der Waals surface area contributed by atoms with Crippen LogP contribution >= 0.6 is 0 Å². The van der Waals surface area contributed by atoms with Crippen LogP contribution in [0.4, 0.5) is 0 Å². The molecule has 4 bridgehead atoms. The third-order valence-electron chi connectivity index (χ3n) is 4.52. The molecule has 0 spiro atoms. The Hall–Kier alpha value is -1.73. The van der Waals surface area contributed by atoms with Crippen LogP contribution in [0.1, 0.15) is 25.7 Å². The van der Waals surface area contributed by atoms with Crippen LogP contribution in [0, 0.1) is 5.92 Å². The number of nitrogens with zero attached hydrogens (tertiary/aromatic N) is 1. The van der Waals surface area contributed by atoms with E-state index >= 15 is 0 Å². The Labute approximate surface area is 121 Å². The Bertz CT molecular complexity index is 502. The SMILES string of the molecule is O=C(CN1C(=O)C=CC1=O)NC12CC3CC(CC(C3)O1)O2. The number of nitrogens with one attached hydrogen (secondary N) is 1. The average molecular weight is 292 g/mol. The van der Waals surface area contributed by atoms with Crippen molar-refractivity contribution in [2.45, 2.75) is 43.8 Å². The van der Waals surface area contributed by atoms with Crippen molar-refractivity contribution in [3.8, 4) is 0 Å². The van der Waals surface area contributed by atoms with Crippen LogP contribution < -0.4 is 5.32 Å². The van der Waals surface area contributed by atoms with Gasteiger partial charge in [0, 0.05) is 25.0 Å².